The second kappa shape index (κ2) is 7.49. The number of anilines is 1. The van der Waals surface area contributed by atoms with Crippen molar-refractivity contribution in [3.8, 4) is 0 Å². The van der Waals surface area contributed by atoms with Crippen LogP contribution in [0.15, 0.2) is 48.4 Å². The van der Waals surface area contributed by atoms with E-state index in [4.69, 9.17) is 11.5 Å². The Morgan fingerprint density at radius 1 is 1.35 bits per heavy atom. The first-order valence-electron chi connectivity index (χ1n) is 7.64. The van der Waals surface area contributed by atoms with Crippen LogP contribution < -0.4 is 22.1 Å². The number of nitrogens with one attached hydrogen (secondary N) is 2. The number of nitrogens with zero attached hydrogens (tertiary/aromatic N) is 1. The fourth-order valence-electron chi connectivity index (χ4n) is 2.17. The maximum Gasteiger partial charge on any atom is 0.266 e. The smallest absolute Gasteiger partial charge is 0.266 e. The second-order valence-corrected chi connectivity index (χ2v) is 5.55. The van der Waals surface area contributed by atoms with Crippen LogP contribution in [-0.4, -0.2) is 17.1 Å². The molecule has 0 aliphatic carbocycles. The molecule has 23 heavy (non-hydrogen) atoms. The summed E-state index contributed by atoms with van der Waals surface area (Å²) in [5.41, 5.74) is 12.6. The average molecular weight is 313 g/mol. The Kier molecular flexibility index (Phi) is 5.41. The third-order valence-electron chi connectivity index (χ3n) is 3.84. The van der Waals surface area contributed by atoms with Crippen LogP contribution in [0.1, 0.15) is 20.3 Å². The number of amides is 1. The molecular weight excluding hydrogens is 290 g/mol. The molecule has 6 nitrogen and oxygen atoms in total. The molecule has 1 aromatic heterocycles. The van der Waals surface area contributed by atoms with E-state index < -0.39 is 5.91 Å². The van der Waals surface area contributed by atoms with Crippen molar-refractivity contribution < 1.29 is 4.79 Å². The third kappa shape index (κ3) is 4.35. The predicted molar refractivity (Wildman–Crippen MR) is 93.2 cm³/mol. The fraction of sp³-hybridized carbons (Fsp3) is 0.294. The van der Waals surface area contributed by atoms with Crippen molar-refractivity contribution in [1.29, 1.82) is 0 Å². The molecule has 6 N–H and O–H groups in total. The molecule has 0 fully saturated rings. The molecule has 0 aliphatic heterocycles. The average Bonchev–Trinajstić information content (AvgIpc) is 2.57. The summed E-state index contributed by atoms with van der Waals surface area (Å²) in [6, 6.07) is 9.95. The Bertz CT molecular complexity index is 713. The van der Waals surface area contributed by atoms with Crippen molar-refractivity contribution >= 4 is 22.5 Å². The molecular formula is C17H23N5O. The standard InChI is InChI=1S/C17H23N5O/c1-3-11(2)17(21-10-14(18)16(19)23)22-13-7-6-12-5-4-8-20-15(12)9-13/h4-11,17,21-22H,3,18H2,1-2H3,(H2,19,23)/b14-10-. The highest BCUT2D eigenvalue weighted by molar-refractivity contribution is 5.90. The molecule has 1 aromatic carbocycles. The highest BCUT2D eigenvalue weighted by atomic mass is 16.1. The highest BCUT2D eigenvalue weighted by Gasteiger charge is 2.15. The van der Waals surface area contributed by atoms with Crippen LogP contribution in [0.3, 0.4) is 0 Å². The summed E-state index contributed by atoms with van der Waals surface area (Å²) in [5, 5.41) is 7.63. The molecule has 2 atom stereocenters. The van der Waals surface area contributed by atoms with E-state index in [1.54, 1.807) is 6.20 Å². The van der Waals surface area contributed by atoms with Gasteiger partial charge in [-0.15, -0.1) is 0 Å². The monoisotopic (exact) mass is 313 g/mol. The van der Waals surface area contributed by atoms with Crippen LogP contribution in [0.25, 0.3) is 10.9 Å². The molecule has 0 spiro atoms. The molecule has 6 heteroatoms. The van der Waals surface area contributed by atoms with E-state index in [0.717, 1.165) is 23.0 Å². The van der Waals surface area contributed by atoms with Gasteiger partial charge >= 0.3 is 0 Å². The maximum atomic E-state index is 11.0. The van der Waals surface area contributed by atoms with Gasteiger partial charge in [-0.25, -0.2) is 0 Å². The van der Waals surface area contributed by atoms with Gasteiger partial charge < -0.3 is 22.1 Å². The van der Waals surface area contributed by atoms with Crippen LogP contribution in [0.4, 0.5) is 5.69 Å². The van der Waals surface area contributed by atoms with Crippen LogP contribution in [-0.2, 0) is 4.79 Å². The maximum absolute atomic E-state index is 11.0. The first-order chi connectivity index (χ1) is 11.0. The van der Waals surface area contributed by atoms with Gasteiger partial charge in [-0.1, -0.05) is 26.0 Å². The molecule has 1 amide bonds. The van der Waals surface area contributed by atoms with E-state index >= 15 is 0 Å². The van der Waals surface area contributed by atoms with Gasteiger partial charge in [0.1, 0.15) is 5.70 Å². The quantitative estimate of drug-likeness (QED) is 0.461. The minimum Gasteiger partial charge on any atom is -0.393 e. The Morgan fingerprint density at radius 3 is 2.83 bits per heavy atom. The molecule has 2 rings (SSSR count). The summed E-state index contributed by atoms with van der Waals surface area (Å²) in [6.45, 7) is 4.21. The van der Waals surface area contributed by atoms with Crippen molar-refractivity contribution in [1.82, 2.24) is 10.3 Å². The number of carbonyl (C=O) groups excluding carboxylic acids is 1. The summed E-state index contributed by atoms with van der Waals surface area (Å²) >= 11 is 0. The number of nitrogens with two attached hydrogens (primary N) is 2. The number of aromatic nitrogens is 1. The lowest BCUT2D eigenvalue weighted by Crippen LogP contribution is -2.39. The summed E-state index contributed by atoms with van der Waals surface area (Å²) in [6.07, 6.45) is 4.10. The van der Waals surface area contributed by atoms with Crippen LogP contribution in [0.2, 0.25) is 0 Å². The molecule has 122 valence electrons. The van der Waals surface area contributed by atoms with Gasteiger partial charge in [0.25, 0.3) is 5.91 Å². The molecule has 0 radical (unpaired) electrons. The third-order valence-corrected chi connectivity index (χ3v) is 3.84. The summed E-state index contributed by atoms with van der Waals surface area (Å²) in [4.78, 5) is 15.4. The van der Waals surface area contributed by atoms with Crippen molar-refractivity contribution in [2.45, 2.75) is 26.4 Å². The number of rotatable bonds is 7. The summed E-state index contributed by atoms with van der Waals surface area (Å²) in [5.74, 6) is -0.332. The van der Waals surface area contributed by atoms with Gasteiger partial charge in [-0.05, 0) is 30.5 Å². The first kappa shape index (κ1) is 16.6. The lowest BCUT2D eigenvalue weighted by molar-refractivity contribution is -0.114. The molecule has 0 saturated heterocycles. The molecule has 0 bridgehead atoms. The Hall–Kier alpha value is -2.76. The predicted octanol–water partition coefficient (Wildman–Crippen LogP) is 1.89. The molecule has 0 aliphatic rings. The van der Waals surface area contributed by atoms with E-state index in [1.807, 2.05) is 30.3 Å². The Balaban J connectivity index is 2.18. The van der Waals surface area contributed by atoms with Crippen LogP contribution >= 0.6 is 0 Å². The number of primary amides is 1. The molecule has 2 unspecified atom stereocenters. The van der Waals surface area contributed by atoms with Gasteiger partial charge in [0, 0.05) is 23.5 Å². The number of pyridine rings is 1. The topological polar surface area (TPSA) is 106 Å². The zero-order chi connectivity index (χ0) is 16.8. The number of hydrogen-bond donors (Lipinski definition) is 4. The van der Waals surface area contributed by atoms with Crippen molar-refractivity contribution in [3.63, 3.8) is 0 Å². The van der Waals surface area contributed by atoms with Gasteiger partial charge in [-0.3, -0.25) is 9.78 Å². The van der Waals surface area contributed by atoms with Gasteiger partial charge in [0.2, 0.25) is 0 Å². The van der Waals surface area contributed by atoms with Crippen molar-refractivity contribution in [2.75, 3.05) is 5.32 Å². The minimum atomic E-state index is -0.643. The lowest BCUT2D eigenvalue weighted by atomic mass is 10.1. The van der Waals surface area contributed by atoms with Crippen molar-refractivity contribution in [3.05, 3.63) is 48.4 Å². The SMILES string of the molecule is CCC(C)C(N/C=C(\N)C(N)=O)Nc1ccc2cccnc2c1. The molecule has 1 heterocycles. The van der Waals surface area contributed by atoms with Gasteiger partial charge in [0.15, 0.2) is 0 Å². The Morgan fingerprint density at radius 2 is 2.13 bits per heavy atom. The number of carbonyl (C=O) groups is 1. The number of fused-ring (bicyclic) bond motifs is 1. The molecule has 0 saturated carbocycles. The van der Waals surface area contributed by atoms with Crippen LogP contribution in [0.5, 0.6) is 0 Å². The van der Waals surface area contributed by atoms with E-state index in [1.165, 1.54) is 6.20 Å². The van der Waals surface area contributed by atoms with E-state index in [0.29, 0.717) is 5.92 Å². The number of hydrogen-bond acceptors (Lipinski definition) is 5. The first-order valence-corrected chi connectivity index (χ1v) is 7.64. The van der Waals surface area contributed by atoms with Gasteiger partial charge in [0.05, 0.1) is 11.7 Å². The van der Waals surface area contributed by atoms with E-state index in [9.17, 15) is 4.79 Å². The summed E-state index contributed by atoms with van der Waals surface area (Å²) < 4.78 is 0. The highest BCUT2D eigenvalue weighted by Crippen LogP contribution is 2.19. The Labute approximate surface area is 136 Å². The van der Waals surface area contributed by atoms with E-state index in [-0.39, 0.29) is 11.9 Å². The molecule has 2 aromatic rings. The van der Waals surface area contributed by atoms with Crippen molar-refractivity contribution in [2.24, 2.45) is 17.4 Å². The summed E-state index contributed by atoms with van der Waals surface area (Å²) in [7, 11) is 0. The number of benzene rings is 1. The van der Waals surface area contributed by atoms with Crippen LogP contribution in [0, 0.1) is 5.92 Å². The lowest BCUT2D eigenvalue weighted by Gasteiger charge is -2.26. The van der Waals surface area contributed by atoms with Gasteiger partial charge in [-0.2, -0.15) is 0 Å². The van der Waals surface area contributed by atoms with E-state index in [2.05, 4.69) is 29.5 Å². The fourth-order valence-corrected chi connectivity index (χ4v) is 2.17. The zero-order valence-electron chi connectivity index (χ0n) is 13.4. The zero-order valence-corrected chi connectivity index (χ0v) is 13.4. The second-order valence-electron chi connectivity index (χ2n) is 5.55. The largest absolute Gasteiger partial charge is 0.393 e. The normalized spacial score (nSPS) is 14.3. The minimum absolute atomic E-state index is 0.000260.